The monoisotopic (exact) mass is 348 g/mol. The molecule has 0 spiro atoms. The van der Waals surface area contributed by atoms with Gasteiger partial charge in [0.05, 0.1) is 19.0 Å². The van der Waals surface area contributed by atoms with Crippen molar-refractivity contribution in [3.63, 3.8) is 0 Å². The molecular formula is C11H17N4O5PS. The Morgan fingerprint density at radius 2 is 2.18 bits per heavy atom. The van der Waals surface area contributed by atoms with Crippen LogP contribution in [0.5, 0.6) is 0 Å². The van der Waals surface area contributed by atoms with Gasteiger partial charge in [-0.3, -0.25) is 4.57 Å². The first-order valence-corrected chi connectivity index (χ1v) is 9.43. The third-order valence-corrected chi connectivity index (χ3v) is 4.16. The molecule has 0 amide bonds. The minimum atomic E-state index is -4.22. The Morgan fingerprint density at radius 3 is 2.82 bits per heavy atom. The fraction of sp³-hybridized carbons (Fsp3) is 0.545. The number of hydrogen-bond acceptors (Lipinski definition) is 7. The van der Waals surface area contributed by atoms with Crippen molar-refractivity contribution in [2.24, 2.45) is 0 Å². The quantitative estimate of drug-likeness (QED) is 0.357. The second-order valence-electron chi connectivity index (χ2n) is 4.54. The molecule has 0 aliphatic rings. The summed E-state index contributed by atoms with van der Waals surface area (Å²) in [5.41, 5.74) is 1.24. The predicted molar refractivity (Wildman–Crippen MR) is 80.7 cm³/mol. The molecule has 3 N–H and O–H groups in total. The van der Waals surface area contributed by atoms with E-state index < -0.39 is 13.9 Å². The number of imidazole rings is 1. The van der Waals surface area contributed by atoms with Crippen LogP contribution in [0.3, 0.4) is 0 Å². The molecule has 1 unspecified atom stereocenters. The van der Waals surface area contributed by atoms with Crippen LogP contribution in [-0.2, 0) is 9.30 Å². The summed E-state index contributed by atoms with van der Waals surface area (Å²) in [6.45, 7) is -0.0499. The zero-order valence-electron chi connectivity index (χ0n) is 11.9. The molecule has 0 saturated carbocycles. The summed E-state index contributed by atoms with van der Waals surface area (Å²) in [6.07, 6.45) is 4.57. The lowest BCUT2D eigenvalue weighted by atomic mass is 10.2. The highest BCUT2D eigenvalue weighted by Crippen LogP contribution is 2.34. The predicted octanol–water partition coefficient (Wildman–Crippen LogP) is 0.623. The maximum Gasteiger partial charge on any atom is 0.350 e. The summed E-state index contributed by atoms with van der Waals surface area (Å²) in [7, 11) is -4.22. The topological polar surface area (TPSA) is 131 Å². The van der Waals surface area contributed by atoms with Crippen molar-refractivity contribution in [2.45, 2.75) is 17.5 Å². The Hall–Kier alpha value is -1.03. The van der Waals surface area contributed by atoms with Gasteiger partial charge in [-0.25, -0.2) is 15.0 Å². The Kier molecular flexibility index (Phi) is 5.90. The van der Waals surface area contributed by atoms with Crippen molar-refractivity contribution >= 4 is 30.5 Å². The van der Waals surface area contributed by atoms with Crippen molar-refractivity contribution in [3.8, 4) is 0 Å². The number of ether oxygens (including phenoxy) is 1. The van der Waals surface area contributed by atoms with Gasteiger partial charge in [0.25, 0.3) is 0 Å². The van der Waals surface area contributed by atoms with E-state index in [4.69, 9.17) is 14.5 Å². The van der Waals surface area contributed by atoms with E-state index in [0.717, 1.165) is 5.03 Å². The molecule has 0 aliphatic heterocycles. The number of thioether (sulfide) groups is 1. The number of aliphatic hydroxyl groups is 1. The maximum atomic E-state index is 10.8. The number of aliphatic hydroxyl groups excluding tert-OH is 1. The zero-order valence-corrected chi connectivity index (χ0v) is 13.6. The first-order valence-electron chi connectivity index (χ1n) is 6.41. The van der Waals surface area contributed by atoms with Gasteiger partial charge in [0.15, 0.2) is 5.65 Å². The van der Waals surface area contributed by atoms with Crippen molar-refractivity contribution in [3.05, 3.63) is 12.7 Å². The van der Waals surface area contributed by atoms with Gasteiger partial charge >= 0.3 is 7.60 Å². The lowest BCUT2D eigenvalue weighted by molar-refractivity contribution is 0.112. The molecule has 11 heteroatoms. The van der Waals surface area contributed by atoms with E-state index in [1.807, 2.05) is 6.26 Å². The van der Waals surface area contributed by atoms with Crippen LogP contribution < -0.4 is 0 Å². The van der Waals surface area contributed by atoms with Crippen LogP contribution in [-0.4, -0.2) is 60.2 Å². The smallest absolute Gasteiger partial charge is 0.350 e. The molecule has 0 aliphatic carbocycles. The van der Waals surface area contributed by atoms with Gasteiger partial charge in [0.1, 0.15) is 23.2 Å². The maximum absolute atomic E-state index is 10.8. The molecule has 0 saturated heterocycles. The molecule has 0 fully saturated rings. The van der Waals surface area contributed by atoms with E-state index >= 15 is 0 Å². The first kappa shape index (κ1) is 17.3. The first-order chi connectivity index (χ1) is 10.5. The average Bonchev–Trinajstić information content (AvgIpc) is 2.89. The Morgan fingerprint density at radius 1 is 1.41 bits per heavy atom. The SMILES string of the molecule is CSc1ncnc2ncn(C(CCO)COCP(=O)(O)O)c12. The van der Waals surface area contributed by atoms with E-state index in [1.54, 1.807) is 10.9 Å². The number of fused-ring (bicyclic) bond motifs is 1. The van der Waals surface area contributed by atoms with E-state index in [0.29, 0.717) is 17.6 Å². The minimum absolute atomic E-state index is 0.0415. The summed E-state index contributed by atoms with van der Waals surface area (Å²) in [6, 6.07) is -0.321. The summed E-state index contributed by atoms with van der Waals surface area (Å²) in [5.74, 6) is 0. The van der Waals surface area contributed by atoms with Gasteiger partial charge in [-0.05, 0) is 12.7 Å². The number of rotatable bonds is 8. The summed E-state index contributed by atoms with van der Waals surface area (Å²) < 4.78 is 17.7. The molecule has 0 radical (unpaired) electrons. The van der Waals surface area contributed by atoms with E-state index in [9.17, 15) is 9.67 Å². The summed E-state index contributed by atoms with van der Waals surface area (Å²) >= 11 is 1.44. The van der Waals surface area contributed by atoms with Crippen LogP contribution in [0.15, 0.2) is 17.7 Å². The Labute approximate surface area is 130 Å². The molecule has 122 valence electrons. The number of hydrogen-bond donors (Lipinski definition) is 3. The summed E-state index contributed by atoms with van der Waals surface area (Å²) in [5, 5.41) is 9.95. The van der Waals surface area contributed by atoms with Gasteiger partial charge in [0, 0.05) is 6.61 Å². The largest absolute Gasteiger partial charge is 0.396 e. The highest BCUT2D eigenvalue weighted by molar-refractivity contribution is 7.98. The van der Waals surface area contributed by atoms with Crippen molar-refractivity contribution in [2.75, 3.05) is 25.8 Å². The molecule has 22 heavy (non-hydrogen) atoms. The van der Waals surface area contributed by atoms with Gasteiger partial charge in [-0.2, -0.15) is 0 Å². The van der Waals surface area contributed by atoms with E-state index in [-0.39, 0.29) is 19.3 Å². The van der Waals surface area contributed by atoms with E-state index in [1.165, 1.54) is 18.1 Å². The normalized spacial score (nSPS) is 13.6. The van der Waals surface area contributed by atoms with Gasteiger partial charge in [-0.1, -0.05) is 0 Å². The minimum Gasteiger partial charge on any atom is -0.396 e. The van der Waals surface area contributed by atoms with Crippen LogP contribution >= 0.6 is 19.4 Å². The van der Waals surface area contributed by atoms with E-state index in [2.05, 4.69) is 15.0 Å². The Balaban J connectivity index is 2.26. The highest BCUT2D eigenvalue weighted by Gasteiger charge is 2.20. The molecule has 9 nitrogen and oxygen atoms in total. The third kappa shape index (κ3) is 4.25. The molecule has 2 aromatic rings. The zero-order chi connectivity index (χ0) is 16.2. The lowest BCUT2D eigenvalue weighted by Gasteiger charge is -2.19. The number of aromatic nitrogens is 4. The van der Waals surface area contributed by atoms with Crippen LogP contribution in [0.4, 0.5) is 0 Å². The number of nitrogens with zero attached hydrogens (tertiary/aromatic N) is 4. The molecule has 2 rings (SSSR count). The molecule has 0 bridgehead atoms. The second-order valence-corrected chi connectivity index (χ2v) is 6.92. The fourth-order valence-corrected chi connectivity index (χ4v) is 2.92. The average molecular weight is 348 g/mol. The highest BCUT2D eigenvalue weighted by atomic mass is 32.2. The second kappa shape index (κ2) is 7.49. The van der Waals surface area contributed by atoms with Crippen molar-refractivity contribution in [1.82, 2.24) is 19.5 Å². The van der Waals surface area contributed by atoms with Crippen LogP contribution in [0.25, 0.3) is 11.2 Å². The fourth-order valence-electron chi connectivity index (χ4n) is 2.03. The van der Waals surface area contributed by atoms with Gasteiger partial charge in [-0.15, -0.1) is 11.8 Å². The molecular weight excluding hydrogens is 331 g/mol. The molecule has 2 heterocycles. The lowest BCUT2D eigenvalue weighted by Crippen LogP contribution is -2.17. The van der Waals surface area contributed by atoms with Crippen LogP contribution in [0.1, 0.15) is 12.5 Å². The standard InChI is InChI=1S/C11H17N4O5PS/c1-22-11-9-10(12-5-13-11)14-6-15(9)8(2-3-16)4-20-7-21(17,18)19/h5-6,8,16H,2-4,7H2,1H3,(H2,17,18,19). The van der Waals surface area contributed by atoms with Crippen LogP contribution in [0, 0.1) is 0 Å². The van der Waals surface area contributed by atoms with Crippen molar-refractivity contribution < 1.29 is 24.2 Å². The van der Waals surface area contributed by atoms with Gasteiger partial charge < -0.3 is 24.2 Å². The molecule has 1 atom stereocenters. The van der Waals surface area contributed by atoms with Gasteiger partial charge in [0.2, 0.25) is 0 Å². The molecule has 0 aromatic carbocycles. The van der Waals surface area contributed by atoms with Crippen LogP contribution in [0.2, 0.25) is 0 Å². The van der Waals surface area contributed by atoms with Crippen molar-refractivity contribution in [1.29, 1.82) is 0 Å². The molecule has 2 aromatic heterocycles. The summed E-state index contributed by atoms with van der Waals surface area (Å²) in [4.78, 5) is 30.1. The Bertz CT molecular complexity index is 676. The third-order valence-electron chi connectivity index (χ3n) is 2.95.